The molecule has 0 aromatic carbocycles. The Morgan fingerprint density at radius 2 is 2.21 bits per heavy atom. The van der Waals surface area contributed by atoms with Gasteiger partial charge in [-0.1, -0.05) is 18.5 Å². The van der Waals surface area contributed by atoms with Gasteiger partial charge in [0.15, 0.2) is 0 Å². The van der Waals surface area contributed by atoms with Crippen molar-refractivity contribution < 1.29 is 0 Å². The minimum Gasteiger partial charge on any atom is -0.369 e. The molecule has 2 fully saturated rings. The SMILES string of the molecule is CCc1c(Cl)ncnc1NCC1CCN(C2CC2)C1. The fourth-order valence-electron chi connectivity index (χ4n) is 2.90. The van der Waals surface area contributed by atoms with Gasteiger partial charge in [-0.3, -0.25) is 0 Å². The lowest BCUT2D eigenvalue weighted by Gasteiger charge is -2.16. The molecule has 104 valence electrons. The Morgan fingerprint density at radius 1 is 1.37 bits per heavy atom. The van der Waals surface area contributed by atoms with E-state index in [9.17, 15) is 0 Å². The summed E-state index contributed by atoms with van der Waals surface area (Å²) in [6, 6.07) is 0.893. The van der Waals surface area contributed by atoms with Crippen LogP contribution in [-0.2, 0) is 6.42 Å². The molecule has 1 aliphatic heterocycles. The van der Waals surface area contributed by atoms with Gasteiger partial charge in [0.1, 0.15) is 17.3 Å². The van der Waals surface area contributed by atoms with Crippen LogP contribution in [0.5, 0.6) is 0 Å². The number of rotatable bonds is 5. The maximum atomic E-state index is 6.10. The van der Waals surface area contributed by atoms with Crippen LogP contribution in [0.4, 0.5) is 5.82 Å². The molecule has 0 bridgehead atoms. The van der Waals surface area contributed by atoms with Crippen LogP contribution in [0.3, 0.4) is 0 Å². The van der Waals surface area contributed by atoms with Gasteiger partial charge in [-0.25, -0.2) is 9.97 Å². The van der Waals surface area contributed by atoms with Crippen LogP contribution in [0.2, 0.25) is 5.15 Å². The standard InChI is InChI=1S/C14H21ClN4/c1-2-12-13(15)17-9-18-14(12)16-7-10-5-6-19(8-10)11-3-4-11/h9-11H,2-8H2,1H3,(H,16,17,18). The topological polar surface area (TPSA) is 41.1 Å². The van der Waals surface area contributed by atoms with Crippen molar-refractivity contribution in [2.45, 2.75) is 38.6 Å². The summed E-state index contributed by atoms with van der Waals surface area (Å²) in [6.45, 7) is 5.57. The number of likely N-dealkylation sites (tertiary alicyclic amines) is 1. The second-order valence-corrected chi connectivity index (χ2v) is 5.96. The second-order valence-electron chi connectivity index (χ2n) is 5.61. The first kappa shape index (κ1) is 13.1. The summed E-state index contributed by atoms with van der Waals surface area (Å²) in [4.78, 5) is 11.0. The summed E-state index contributed by atoms with van der Waals surface area (Å²) in [5.74, 6) is 1.64. The molecule has 1 atom stereocenters. The lowest BCUT2D eigenvalue weighted by atomic mass is 10.1. The summed E-state index contributed by atoms with van der Waals surface area (Å²) in [5, 5.41) is 4.04. The molecule has 4 nitrogen and oxygen atoms in total. The fourth-order valence-corrected chi connectivity index (χ4v) is 3.16. The van der Waals surface area contributed by atoms with Crippen molar-refractivity contribution in [2.75, 3.05) is 25.0 Å². The highest BCUT2D eigenvalue weighted by Crippen LogP contribution is 2.31. The van der Waals surface area contributed by atoms with E-state index >= 15 is 0 Å². The van der Waals surface area contributed by atoms with Crippen LogP contribution < -0.4 is 5.32 Å². The molecule has 1 unspecified atom stereocenters. The number of halogens is 1. The van der Waals surface area contributed by atoms with E-state index in [-0.39, 0.29) is 0 Å². The molecule has 19 heavy (non-hydrogen) atoms. The van der Waals surface area contributed by atoms with Gasteiger partial charge >= 0.3 is 0 Å². The summed E-state index contributed by atoms with van der Waals surface area (Å²) < 4.78 is 0. The van der Waals surface area contributed by atoms with E-state index in [0.29, 0.717) is 5.15 Å². The Hall–Kier alpha value is -0.870. The molecule has 2 aliphatic rings. The van der Waals surface area contributed by atoms with Gasteiger partial charge in [-0.15, -0.1) is 0 Å². The number of hydrogen-bond donors (Lipinski definition) is 1. The smallest absolute Gasteiger partial charge is 0.137 e. The predicted molar refractivity (Wildman–Crippen MR) is 77.6 cm³/mol. The lowest BCUT2D eigenvalue weighted by Crippen LogP contribution is -2.25. The number of nitrogens with one attached hydrogen (secondary N) is 1. The molecule has 5 heteroatoms. The van der Waals surface area contributed by atoms with Crippen LogP contribution >= 0.6 is 11.6 Å². The van der Waals surface area contributed by atoms with E-state index in [1.165, 1.54) is 38.7 Å². The summed E-state index contributed by atoms with van der Waals surface area (Å²) in [7, 11) is 0. The van der Waals surface area contributed by atoms with Crippen molar-refractivity contribution in [1.82, 2.24) is 14.9 Å². The highest BCUT2D eigenvalue weighted by Gasteiger charge is 2.34. The number of anilines is 1. The Balaban J connectivity index is 1.56. The zero-order valence-electron chi connectivity index (χ0n) is 11.4. The van der Waals surface area contributed by atoms with E-state index in [4.69, 9.17) is 11.6 Å². The zero-order chi connectivity index (χ0) is 13.2. The molecule has 2 heterocycles. The second kappa shape index (κ2) is 5.63. The Bertz CT molecular complexity index is 447. The molecule has 1 aliphatic carbocycles. The van der Waals surface area contributed by atoms with Gasteiger partial charge in [0, 0.05) is 24.7 Å². The first-order valence-corrected chi connectivity index (χ1v) is 7.63. The molecule has 0 spiro atoms. The molecular formula is C14H21ClN4. The van der Waals surface area contributed by atoms with Gasteiger partial charge in [0.05, 0.1) is 0 Å². The average Bonchev–Trinajstić information content (AvgIpc) is 3.16. The first-order chi connectivity index (χ1) is 9.28. The number of nitrogens with zero attached hydrogens (tertiary/aromatic N) is 3. The van der Waals surface area contributed by atoms with Crippen LogP contribution in [-0.4, -0.2) is 40.5 Å². The molecule has 1 saturated carbocycles. The third-order valence-corrected chi connectivity index (χ3v) is 4.51. The van der Waals surface area contributed by atoms with E-state index in [2.05, 4.69) is 27.1 Å². The van der Waals surface area contributed by atoms with Gasteiger partial charge in [0.2, 0.25) is 0 Å². The van der Waals surface area contributed by atoms with Crippen molar-refractivity contribution in [1.29, 1.82) is 0 Å². The third-order valence-electron chi connectivity index (χ3n) is 4.19. The highest BCUT2D eigenvalue weighted by molar-refractivity contribution is 6.30. The highest BCUT2D eigenvalue weighted by atomic mass is 35.5. The number of aromatic nitrogens is 2. The van der Waals surface area contributed by atoms with Crippen molar-refractivity contribution >= 4 is 17.4 Å². The Morgan fingerprint density at radius 3 is 2.95 bits per heavy atom. The van der Waals surface area contributed by atoms with Gasteiger partial charge < -0.3 is 10.2 Å². The molecule has 0 amide bonds. The van der Waals surface area contributed by atoms with Crippen molar-refractivity contribution in [3.63, 3.8) is 0 Å². The van der Waals surface area contributed by atoms with E-state index in [0.717, 1.165) is 36.3 Å². The van der Waals surface area contributed by atoms with Crippen LogP contribution in [0, 0.1) is 5.92 Å². The predicted octanol–water partition coefficient (Wildman–Crippen LogP) is 2.59. The molecule has 0 radical (unpaired) electrons. The first-order valence-electron chi connectivity index (χ1n) is 7.25. The van der Waals surface area contributed by atoms with Crippen molar-refractivity contribution in [3.8, 4) is 0 Å². The van der Waals surface area contributed by atoms with Crippen molar-refractivity contribution in [3.05, 3.63) is 17.0 Å². The normalized spacial score (nSPS) is 23.8. The van der Waals surface area contributed by atoms with Gasteiger partial charge in [0.25, 0.3) is 0 Å². The molecular weight excluding hydrogens is 260 g/mol. The molecule has 1 aromatic heterocycles. The molecule has 1 saturated heterocycles. The molecule has 1 N–H and O–H groups in total. The summed E-state index contributed by atoms with van der Waals surface area (Å²) in [6.07, 6.45) is 6.50. The van der Waals surface area contributed by atoms with Gasteiger partial charge in [-0.05, 0) is 38.1 Å². The summed E-state index contributed by atoms with van der Waals surface area (Å²) >= 11 is 6.10. The number of hydrogen-bond acceptors (Lipinski definition) is 4. The monoisotopic (exact) mass is 280 g/mol. The average molecular weight is 281 g/mol. The Labute approximate surface area is 119 Å². The maximum Gasteiger partial charge on any atom is 0.137 e. The molecule has 3 rings (SSSR count). The minimum atomic E-state index is 0.575. The molecule has 1 aromatic rings. The van der Waals surface area contributed by atoms with Crippen LogP contribution in [0.25, 0.3) is 0 Å². The summed E-state index contributed by atoms with van der Waals surface area (Å²) in [5.41, 5.74) is 1.03. The lowest BCUT2D eigenvalue weighted by molar-refractivity contribution is 0.316. The fraction of sp³-hybridized carbons (Fsp3) is 0.714. The van der Waals surface area contributed by atoms with E-state index < -0.39 is 0 Å². The van der Waals surface area contributed by atoms with Crippen LogP contribution in [0.1, 0.15) is 31.7 Å². The van der Waals surface area contributed by atoms with Crippen molar-refractivity contribution in [2.24, 2.45) is 5.92 Å². The van der Waals surface area contributed by atoms with E-state index in [1.54, 1.807) is 0 Å². The quantitative estimate of drug-likeness (QED) is 0.842. The van der Waals surface area contributed by atoms with Crippen LogP contribution in [0.15, 0.2) is 6.33 Å². The zero-order valence-corrected chi connectivity index (χ0v) is 12.2. The third kappa shape index (κ3) is 3.00. The van der Waals surface area contributed by atoms with E-state index in [1.807, 2.05) is 0 Å². The Kier molecular flexibility index (Phi) is 3.89. The van der Waals surface area contributed by atoms with Gasteiger partial charge in [-0.2, -0.15) is 0 Å². The maximum absolute atomic E-state index is 6.10. The largest absolute Gasteiger partial charge is 0.369 e. The minimum absolute atomic E-state index is 0.575.